The van der Waals surface area contributed by atoms with Gasteiger partial charge in [0, 0.05) is 25.2 Å². The van der Waals surface area contributed by atoms with Gasteiger partial charge in [-0.1, -0.05) is 18.2 Å². The number of carbonyl (C=O) groups is 2. The van der Waals surface area contributed by atoms with Gasteiger partial charge in [0.15, 0.2) is 0 Å². The van der Waals surface area contributed by atoms with Crippen LogP contribution in [0, 0.1) is 0 Å². The molecular weight excluding hydrogens is 254 g/mol. The van der Waals surface area contributed by atoms with Gasteiger partial charge >= 0.3 is 0 Å². The van der Waals surface area contributed by atoms with Crippen molar-refractivity contribution in [3.8, 4) is 0 Å². The van der Waals surface area contributed by atoms with Crippen LogP contribution in [-0.4, -0.2) is 35.8 Å². The fourth-order valence-electron chi connectivity index (χ4n) is 2.48. The maximum Gasteiger partial charge on any atom is 0.249 e. The lowest BCUT2D eigenvalue weighted by Crippen LogP contribution is -2.43. The predicted molar refractivity (Wildman–Crippen MR) is 77.1 cm³/mol. The molecule has 1 aliphatic rings. The Hall–Kier alpha value is -1.88. The molecule has 0 bridgehead atoms. The lowest BCUT2D eigenvalue weighted by Gasteiger charge is -2.21. The van der Waals surface area contributed by atoms with Crippen LogP contribution >= 0.6 is 0 Å². The molecule has 5 heteroatoms. The van der Waals surface area contributed by atoms with Crippen LogP contribution in [-0.2, 0) is 11.3 Å². The first kappa shape index (κ1) is 14.5. The van der Waals surface area contributed by atoms with E-state index in [1.54, 1.807) is 12.1 Å². The number of benzene rings is 1. The third kappa shape index (κ3) is 3.36. The van der Waals surface area contributed by atoms with Crippen molar-refractivity contribution in [3.63, 3.8) is 0 Å². The first-order valence-electron chi connectivity index (χ1n) is 6.99. The van der Waals surface area contributed by atoms with Gasteiger partial charge in [-0.25, -0.2) is 0 Å². The number of primary amides is 1. The summed E-state index contributed by atoms with van der Waals surface area (Å²) in [7, 11) is 0. The zero-order chi connectivity index (χ0) is 14.5. The van der Waals surface area contributed by atoms with Gasteiger partial charge < -0.3 is 16.0 Å². The molecule has 1 fully saturated rings. The Morgan fingerprint density at radius 1 is 1.30 bits per heavy atom. The van der Waals surface area contributed by atoms with Gasteiger partial charge in [-0.2, -0.15) is 0 Å². The van der Waals surface area contributed by atoms with Crippen LogP contribution in [0.1, 0.15) is 35.7 Å². The van der Waals surface area contributed by atoms with Crippen molar-refractivity contribution in [1.29, 1.82) is 0 Å². The quantitative estimate of drug-likeness (QED) is 0.838. The molecule has 0 radical (unpaired) electrons. The van der Waals surface area contributed by atoms with Crippen LogP contribution < -0.4 is 11.1 Å². The van der Waals surface area contributed by atoms with Gasteiger partial charge in [0.25, 0.3) is 0 Å². The third-order valence-corrected chi connectivity index (χ3v) is 3.67. The summed E-state index contributed by atoms with van der Waals surface area (Å²) in [6.45, 7) is 4.01. The number of nitrogens with two attached hydrogens (primary N) is 1. The molecule has 0 spiro atoms. The van der Waals surface area contributed by atoms with Crippen LogP contribution in [0.5, 0.6) is 0 Å². The van der Waals surface area contributed by atoms with Gasteiger partial charge in [0.2, 0.25) is 11.8 Å². The van der Waals surface area contributed by atoms with Gasteiger partial charge in [0.05, 0.1) is 6.04 Å². The van der Waals surface area contributed by atoms with E-state index in [9.17, 15) is 9.59 Å². The van der Waals surface area contributed by atoms with Crippen LogP contribution in [0.4, 0.5) is 0 Å². The molecule has 1 atom stereocenters. The summed E-state index contributed by atoms with van der Waals surface area (Å²) in [6.07, 6.45) is 2.17. The maximum atomic E-state index is 12.2. The van der Waals surface area contributed by atoms with Crippen LogP contribution in [0.2, 0.25) is 0 Å². The van der Waals surface area contributed by atoms with E-state index in [2.05, 4.69) is 5.32 Å². The summed E-state index contributed by atoms with van der Waals surface area (Å²) in [5.74, 6) is -0.319. The average Bonchev–Trinajstić information content (AvgIpc) is 2.98. The monoisotopic (exact) mass is 275 g/mol. The highest BCUT2D eigenvalue weighted by Gasteiger charge is 2.22. The number of carbonyl (C=O) groups excluding carboxylic acids is 2. The van der Waals surface area contributed by atoms with Crippen molar-refractivity contribution < 1.29 is 9.59 Å². The van der Waals surface area contributed by atoms with Crippen molar-refractivity contribution in [2.75, 3.05) is 13.1 Å². The normalized spacial score (nSPS) is 16.1. The summed E-state index contributed by atoms with van der Waals surface area (Å²) in [4.78, 5) is 25.4. The van der Waals surface area contributed by atoms with E-state index >= 15 is 0 Å². The standard InChI is InChI=1S/C15H21N3O2/c1-11(15(20)18-8-4-5-9-18)17-10-12-6-2-3-7-13(12)14(16)19/h2-3,6-7,11,17H,4-5,8-10H2,1H3,(H2,16,19). The van der Waals surface area contributed by atoms with Crippen molar-refractivity contribution >= 4 is 11.8 Å². The molecule has 0 saturated carbocycles. The molecule has 108 valence electrons. The predicted octanol–water partition coefficient (Wildman–Crippen LogP) is 0.886. The number of likely N-dealkylation sites (tertiary alicyclic amines) is 1. The molecule has 1 aliphatic heterocycles. The van der Waals surface area contributed by atoms with Gasteiger partial charge in [-0.05, 0) is 31.4 Å². The summed E-state index contributed by atoms with van der Waals surface area (Å²) < 4.78 is 0. The van der Waals surface area contributed by atoms with Gasteiger partial charge in [-0.15, -0.1) is 0 Å². The lowest BCUT2D eigenvalue weighted by atomic mass is 10.1. The first-order valence-corrected chi connectivity index (χ1v) is 6.99. The highest BCUT2D eigenvalue weighted by Crippen LogP contribution is 2.11. The fraction of sp³-hybridized carbons (Fsp3) is 0.467. The van der Waals surface area contributed by atoms with E-state index in [1.165, 1.54) is 0 Å². The summed E-state index contributed by atoms with van der Waals surface area (Å²) in [6, 6.07) is 6.93. The Bertz CT molecular complexity index is 496. The molecule has 1 aromatic rings. The second-order valence-corrected chi connectivity index (χ2v) is 5.16. The van der Waals surface area contributed by atoms with Crippen molar-refractivity contribution in [2.24, 2.45) is 5.73 Å². The number of nitrogens with one attached hydrogen (secondary N) is 1. The average molecular weight is 275 g/mol. The molecule has 0 aliphatic carbocycles. The van der Waals surface area contributed by atoms with E-state index in [4.69, 9.17) is 5.73 Å². The largest absolute Gasteiger partial charge is 0.366 e. The van der Waals surface area contributed by atoms with E-state index in [-0.39, 0.29) is 11.9 Å². The van der Waals surface area contributed by atoms with Crippen molar-refractivity contribution in [1.82, 2.24) is 10.2 Å². The van der Waals surface area contributed by atoms with Crippen LogP contribution in [0.3, 0.4) is 0 Å². The maximum absolute atomic E-state index is 12.2. The van der Waals surface area contributed by atoms with E-state index in [0.717, 1.165) is 31.5 Å². The minimum atomic E-state index is -0.444. The number of nitrogens with zero attached hydrogens (tertiary/aromatic N) is 1. The molecule has 1 heterocycles. The Morgan fingerprint density at radius 3 is 2.60 bits per heavy atom. The zero-order valence-electron chi connectivity index (χ0n) is 11.8. The first-order chi connectivity index (χ1) is 9.59. The number of rotatable bonds is 5. The number of hydrogen-bond donors (Lipinski definition) is 2. The molecule has 0 aromatic heterocycles. The molecule has 1 unspecified atom stereocenters. The summed E-state index contributed by atoms with van der Waals surface area (Å²) in [5, 5.41) is 3.17. The zero-order valence-corrected chi connectivity index (χ0v) is 11.8. The lowest BCUT2D eigenvalue weighted by molar-refractivity contribution is -0.131. The molecule has 5 nitrogen and oxygen atoms in total. The highest BCUT2D eigenvalue weighted by atomic mass is 16.2. The SMILES string of the molecule is CC(NCc1ccccc1C(N)=O)C(=O)N1CCCC1. The van der Waals surface area contributed by atoms with Gasteiger partial charge in [-0.3, -0.25) is 9.59 Å². The minimum absolute atomic E-state index is 0.124. The fourth-order valence-corrected chi connectivity index (χ4v) is 2.48. The summed E-state index contributed by atoms with van der Waals surface area (Å²) in [5.41, 5.74) is 6.66. The van der Waals surface area contributed by atoms with E-state index < -0.39 is 5.91 Å². The second-order valence-electron chi connectivity index (χ2n) is 5.16. The van der Waals surface area contributed by atoms with E-state index in [0.29, 0.717) is 12.1 Å². The number of hydrogen-bond acceptors (Lipinski definition) is 3. The Balaban J connectivity index is 1.94. The molecule has 1 saturated heterocycles. The number of amides is 2. The topological polar surface area (TPSA) is 75.4 Å². The molecular formula is C15H21N3O2. The second kappa shape index (κ2) is 6.52. The summed E-state index contributed by atoms with van der Waals surface area (Å²) >= 11 is 0. The smallest absolute Gasteiger partial charge is 0.249 e. The molecule has 1 aromatic carbocycles. The molecule has 3 N–H and O–H groups in total. The van der Waals surface area contributed by atoms with Crippen LogP contribution in [0.25, 0.3) is 0 Å². The van der Waals surface area contributed by atoms with Crippen molar-refractivity contribution in [3.05, 3.63) is 35.4 Å². The Labute approximate surface area is 119 Å². The van der Waals surface area contributed by atoms with Crippen molar-refractivity contribution in [2.45, 2.75) is 32.4 Å². The molecule has 2 amide bonds. The van der Waals surface area contributed by atoms with E-state index in [1.807, 2.05) is 24.0 Å². The van der Waals surface area contributed by atoms with Crippen LogP contribution in [0.15, 0.2) is 24.3 Å². The minimum Gasteiger partial charge on any atom is -0.366 e. The Kier molecular flexibility index (Phi) is 4.74. The highest BCUT2D eigenvalue weighted by molar-refractivity contribution is 5.94. The molecule has 20 heavy (non-hydrogen) atoms. The van der Waals surface area contributed by atoms with Gasteiger partial charge in [0.1, 0.15) is 0 Å². The molecule has 2 rings (SSSR count). The third-order valence-electron chi connectivity index (χ3n) is 3.67. The Morgan fingerprint density at radius 2 is 1.95 bits per heavy atom.